The quantitative estimate of drug-likeness (QED) is 0.726. The highest BCUT2D eigenvalue weighted by Crippen LogP contribution is 2.28. The minimum absolute atomic E-state index is 0.0123. The van der Waals surface area contributed by atoms with Gasteiger partial charge in [-0.15, -0.1) is 11.3 Å². The Morgan fingerprint density at radius 2 is 1.96 bits per heavy atom. The van der Waals surface area contributed by atoms with Crippen molar-refractivity contribution >= 4 is 27.3 Å². The number of amides is 1. The first kappa shape index (κ1) is 21.7. The van der Waals surface area contributed by atoms with E-state index >= 15 is 0 Å². The van der Waals surface area contributed by atoms with Crippen LogP contribution in [0.4, 0.5) is 0 Å². The lowest BCUT2D eigenvalue weighted by Crippen LogP contribution is -2.46. The van der Waals surface area contributed by atoms with Crippen LogP contribution in [0.15, 0.2) is 16.3 Å². The molecule has 2 fully saturated rings. The summed E-state index contributed by atoms with van der Waals surface area (Å²) in [4.78, 5) is 16.2. The van der Waals surface area contributed by atoms with Crippen molar-refractivity contribution in [1.29, 1.82) is 0 Å². The predicted octanol–water partition coefficient (Wildman–Crippen LogP) is 2.70. The second-order valence-corrected chi connectivity index (χ2v) is 11.6. The van der Waals surface area contributed by atoms with Gasteiger partial charge >= 0.3 is 0 Å². The van der Waals surface area contributed by atoms with Crippen LogP contribution in [-0.2, 0) is 14.8 Å². The molecule has 0 spiro atoms. The molecule has 0 saturated carbocycles. The summed E-state index contributed by atoms with van der Waals surface area (Å²) in [5.41, 5.74) is 0. The van der Waals surface area contributed by atoms with E-state index < -0.39 is 10.0 Å². The number of hydrogen-bond acceptors (Lipinski definition) is 5. The summed E-state index contributed by atoms with van der Waals surface area (Å²) in [6.45, 7) is 9.01. The number of hydrogen-bond donors (Lipinski definition) is 1. The lowest BCUT2D eigenvalue weighted by molar-refractivity contribution is -0.126. The number of nitrogens with zero attached hydrogens (tertiary/aromatic N) is 2. The van der Waals surface area contributed by atoms with Crippen LogP contribution in [0.2, 0.25) is 0 Å². The third-order valence-corrected chi connectivity index (χ3v) is 9.21. The molecule has 1 atom stereocenters. The van der Waals surface area contributed by atoms with E-state index in [0.717, 1.165) is 50.2 Å². The van der Waals surface area contributed by atoms with E-state index in [0.29, 0.717) is 29.8 Å². The third-order valence-electron chi connectivity index (χ3n) is 5.88. The lowest BCUT2D eigenvalue weighted by Gasteiger charge is -2.33. The second kappa shape index (κ2) is 9.69. The minimum atomic E-state index is -3.49. The van der Waals surface area contributed by atoms with Crippen molar-refractivity contribution in [3.8, 4) is 0 Å². The molecule has 0 aromatic carbocycles. The largest absolute Gasteiger partial charge is 0.356 e. The van der Waals surface area contributed by atoms with E-state index in [-0.39, 0.29) is 11.8 Å². The maximum Gasteiger partial charge on any atom is 0.252 e. The highest BCUT2D eigenvalue weighted by Gasteiger charge is 2.34. The fourth-order valence-corrected chi connectivity index (χ4v) is 7.13. The van der Waals surface area contributed by atoms with E-state index in [1.807, 2.05) is 13.0 Å². The third kappa shape index (κ3) is 5.34. The average molecular weight is 428 g/mol. The Balaban J connectivity index is 1.49. The number of nitrogens with one attached hydrogen (secondary N) is 1. The van der Waals surface area contributed by atoms with Crippen molar-refractivity contribution in [2.75, 3.05) is 39.3 Å². The molecule has 1 N–H and O–H groups in total. The van der Waals surface area contributed by atoms with Gasteiger partial charge in [-0.3, -0.25) is 4.79 Å². The molecule has 3 heterocycles. The Bertz CT molecular complexity index is 755. The average Bonchev–Trinajstić information content (AvgIpc) is 3.15. The Kier molecular flexibility index (Phi) is 7.53. The van der Waals surface area contributed by atoms with Gasteiger partial charge in [-0.25, -0.2) is 8.42 Å². The molecule has 1 aromatic heterocycles. The van der Waals surface area contributed by atoms with Crippen LogP contribution < -0.4 is 5.32 Å². The first-order valence-electron chi connectivity index (χ1n) is 10.5. The van der Waals surface area contributed by atoms with Crippen molar-refractivity contribution in [1.82, 2.24) is 14.5 Å². The maximum atomic E-state index is 12.9. The molecular weight excluding hydrogens is 394 g/mol. The molecule has 0 bridgehead atoms. The van der Waals surface area contributed by atoms with Gasteiger partial charge in [0, 0.05) is 24.5 Å². The van der Waals surface area contributed by atoms with E-state index in [4.69, 9.17) is 0 Å². The molecule has 1 aromatic rings. The van der Waals surface area contributed by atoms with Crippen LogP contribution in [0, 0.1) is 18.8 Å². The molecule has 1 amide bonds. The van der Waals surface area contributed by atoms with Gasteiger partial charge in [-0.1, -0.05) is 6.92 Å². The smallest absolute Gasteiger partial charge is 0.252 e. The standard InChI is InChI=1S/C20H33N3O3S2/c1-3-10-22-12-8-17(9-13-22)14-21-20(24)18-5-4-11-23(15-18)28(25,26)19-7-6-16(2)27-19/h6-7,17-18H,3-5,8-15H2,1-2H3,(H,21,24). The van der Waals surface area contributed by atoms with Gasteiger partial charge in [-0.05, 0) is 76.7 Å². The van der Waals surface area contributed by atoms with Crippen LogP contribution in [-0.4, -0.2) is 62.8 Å². The number of carbonyl (C=O) groups excluding carboxylic acids is 1. The molecule has 3 rings (SSSR count). The van der Waals surface area contributed by atoms with Crippen molar-refractivity contribution in [3.63, 3.8) is 0 Å². The molecule has 2 aliphatic heterocycles. The molecule has 28 heavy (non-hydrogen) atoms. The topological polar surface area (TPSA) is 69.7 Å². The second-order valence-electron chi connectivity index (χ2n) is 8.10. The summed E-state index contributed by atoms with van der Waals surface area (Å²) in [5, 5.41) is 3.11. The molecule has 2 saturated heterocycles. The Hall–Kier alpha value is -0.960. The highest BCUT2D eigenvalue weighted by molar-refractivity contribution is 7.91. The van der Waals surface area contributed by atoms with E-state index in [1.165, 1.54) is 22.1 Å². The van der Waals surface area contributed by atoms with Gasteiger partial charge in [0.2, 0.25) is 5.91 Å². The fourth-order valence-electron chi connectivity index (χ4n) is 4.17. The predicted molar refractivity (Wildman–Crippen MR) is 113 cm³/mol. The Morgan fingerprint density at radius 1 is 1.21 bits per heavy atom. The summed E-state index contributed by atoms with van der Waals surface area (Å²) in [5.74, 6) is 0.303. The van der Waals surface area contributed by atoms with Crippen LogP contribution in [0.5, 0.6) is 0 Å². The monoisotopic (exact) mass is 427 g/mol. The summed E-state index contributed by atoms with van der Waals surface area (Å²) in [6, 6.07) is 3.50. The number of thiophene rings is 1. The number of carbonyl (C=O) groups is 1. The van der Waals surface area contributed by atoms with Gasteiger partial charge in [0.25, 0.3) is 10.0 Å². The zero-order valence-corrected chi connectivity index (χ0v) is 18.7. The minimum Gasteiger partial charge on any atom is -0.356 e. The lowest BCUT2D eigenvalue weighted by atomic mass is 9.95. The van der Waals surface area contributed by atoms with Gasteiger partial charge in [-0.2, -0.15) is 4.31 Å². The van der Waals surface area contributed by atoms with Crippen molar-refractivity contribution < 1.29 is 13.2 Å². The Morgan fingerprint density at radius 3 is 2.61 bits per heavy atom. The van der Waals surface area contributed by atoms with Gasteiger partial charge < -0.3 is 10.2 Å². The fraction of sp³-hybridized carbons (Fsp3) is 0.750. The number of aryl methyl sites for hydroxylation is 1. The SMILES string of the molecule is CCCN1CCC(CNC(=O)C2CCCN(S(=O)(=O)c3ccc(C)s3)C2)CC1. The summed E-state index contributed by atoms with van der Waals surface area (Å²) < 4.78 is 27.6. The van der Waals surface area contributed by atoms with E-state index in [1.54, 1.807) is 6.07 Å². The first-order valence-corrected chi connectivity index (χ1v) is 12.7. The zero-order valence-electron chi connectivity index (χ0n) is 17.0. The van der Waals surface area contributed by atoms with Gasteiger partial charge in [0.1, 0.15) is 4.21 Å². The molecular formula is C20H33N3O3S2. The van der Waals surface area contributed by atoms with E-state index in [2.05, 4.69) is 17.1 Å². The van der Waals surface area contributed by atoms with Crippen molar-refractivity contribution in [2.24, 2.45) is 11.8 Å². The zero-order chi connectivity index (χ0) is 20.1. The number of piperidine rings is 2. The molecule has 6 nitrogen and oxygen atoms in total. The number of rotatable bonds is 7. The first-order chi connectivity index (χ1) is 13.4. The van der Waals surface area contributed by atoms with Gasteiger partial charge in [0.05, 0.1) is 5.92 Å². The maximum absolute atomic E-state index is 12.9. The van der Waals surface area contributed by atoms with Crippen LogP contribution >= 0.6 is 11.3 Å². The number of sulfonamides is 1. The summed E-state index contributed by atoms with van der Waals surface area (Å²) >= 11 is 1.30. The van der Waals surface area contributed by atoms with Crippen LogP contribution in [0.3, 0.4) is 0 Å². The summed E-state index contributed by atoms with van der Waals surface area (Å²) in [6.07, 6.45) is 4.94. The summed E-state index contributed by atoms with van der Waals surface area (Å²) in [7, 11) is -3.49. The van der Waals surface area contributed by atoms with Crippen LogP contribution in [0.1, 0.15) is 43.9 Å². The number of likely N-dealkylation sites (tertiary alicyclic amines) is 1. The molecule has 8 heteroatoms. The van der Waals surface area contributed by atoms with Gasteiger partial charge in [0.15, 0.2) is 0 Å². The molecule has 0 radical (unpaired) electrons. The molecule has 158 valence electrons. The highest BCUT2D eigenvalue weighted by atomic mass is 32.2. The van der Waals surface area contributed by atoms with Crippen molar-refractivity contribution in [3.05, 3.63) is 17.0 Å². The molecule has 2 aliphatic rings. The molecule has 1 unspecified atom stereocenters. The molecule has 0 aliphatic carbocycles. The van der Waals surface area contributed by atoms with E-state index in [9.17, 15) is 13.2 Å². The normalized spacial score (nSPS) is 23.0. The van der Waals surface area contributed by atoms with Crippen LogP contribution in [0.25, 0.3) is 0 Å². The van der Waals surface area contributed by atoms with Crippen molar-refractivity contribution in [2.45, 2.75) is 50.2 Å². The Labute approximate surface area is 173 Å².